The highest BCUT2D eigenvalue weighted by Crippen LogP contribution is 2.50. The Morgan fingerprint density at radius 3 is 2.18 bits per heavy atom. The third kappa shape index (κ3) is 4.38. The monoisotopic (exact) mass is 483 g/mol. The number of pyridine rings is 1. The summed E-state index contributed by atoms with van der Waals surface area (Å²) in [5.74, 6) is -4.01. The molecule has 2 unspecified atom stereocenters. The topological polar surface area (TPSA) is 90.4 Å². The lowest BCUT2D eigenvalue weighted by molar-refractivity contribution is -0.274. The number of aliphatic hydroxyl groups is 1. The lowest BCUT2D eigenvalue weighted by Crippen LogP contribution is -2.47. The van der Waals surface area contributed by atoms with E-state index in [0.717, 1.165) is 31.2 Å². The first-order chi connectivity index (χ1) is 15.3. The van der Waals surface area contributed by atoms with Gasteiger partial charge < -0.3 is 15.2 Å². The van der Waals surface area contributed by atoms with Gasteiger partial charge in [-0.05, 0) is 47.9 Å². The molecule has 0 amide bonds. The standard InChI is InChI=1S/C23H18ClF4NO4/c1-11(22(33,23(26,27)28)17-7-8-20(30)29-12(17)2)15-5-3-13(9-18(15)24)14-4-6-16(21(31)32)19(25)10-14/h3-11,33H,1-2H3,(H,29,30)(H,31,32). The van der Waals surface area contributed by atoms with Gasteiger partial charge in [0.05, 0.1) is 5.56 Å². The molecule has 5 nitrogen and oxygen atoms in total. The largest absolute Gasteiger partial charge is 0.478 e. The van der Waals surface area contributed by atoms with Crippen molar-refractivity contribution in [2.75, 3.05) is 0 Å². The third-order valence-electron chi connectivity index (χ3n) is 5.59. The second-order valence-corrected chi connectivity index (χ2v) is 7.99. The van der Waals surface area contributed by atoms with Gasteiger partial charge in [0.15, 0.2) is 5.60 Å². The van der Waals surface area contributed by atoms with Crippen molar-refractivity contribution in [2.24, 2.45) is 0 Å². The van der Waals surface area contributed by atoms with E-state index in [1.165, 1.54) is 31.2 Å². The van der Waals surface area contributed by atoms with Gasteiger partial charge in [0.2, 0.25) is 5.56 Å². The molecule has 0 bridgehead atoms. The number of hydrogen-bond acceptors (Lipinski definition) is 3. The van der Waals surface area contributed by atoms with E-state index in [1.807, 2.05) is 0 Å². The number of aromatic carboxylic acids is 1. The van der Waals surface area contributed by atoms with Crippen LogP contribution in [0, 0.1) is 12.7 Å². The van der Waals surface area contributed by atoms with Gasteiger partial charge in [-0.15, -0.1) is 0 Å². The first-order valence-corrected chi connectivity index (χ1v) is 9.97. The molecule has 0 saturated carbocycles. The Kier molecular flexibility index (Phi) is 6.41. The summed E-state index contributed by atoms with van der Waals surface area (Å²) in [6, 6.07) is 9.19. The lowest BCUT2D eigenvalue weighted by Gasteiger charge is -2.37. The number of hydrogen-bond donors (Lipinski definition) is 3. The van der Waals surface area contributed by atoms with E-state index in [0.29, 0.717) is 5.56 Å². The van der Waals surface area contributed by atoms with Gasteiger partial charge >= 0.3 is 12.1 Å². The highest BCUT2D eigenvalue weighted by atomic mass is 35.5. The molecule has 1 aromatic heterocycles. The molecule has 3 N–H and O–H groups in total. The molecule has 0 aliphatic rings. The lowest BCUT2D eigenvalue weighted by atomic mass is 9.77. The van der Waals surface area contributed by atoms with Crippen LogP contribution in [0.2, 0.25) is 5.02 Å². The van der Waals surface area contributed by atoms with Gasteiger partial charge in [0, 0.05) is 28.3 Å². The number of halogens is 5. The molecule has 0 fully saturated rings. The maximum absolute atomic E-state index is 14.2. The molecule has 33 heavy (non-hydrogen) atoms. The Bertz CT molecular complexity index is 1290. The normalized spacial score (nSPS) is 14.5. The van der Waals surface area contributed by atoms with E-state index in [4.69, 9.17) is 16.7 Å². The molecule has 0 spiro atoms. The predicted molar refractivity (Wildman–Crippen MR) is 114 cm³/mol. The van der Waals surface area contributed by atoms with Crippen LogP contribution in [0.25, 0.3) is 11.1 Å². The fourth-order valence-corrected chi connectivity index (χ4v) is 4.12. The average molecular weight is 484 g/mol. The second-order valence-electron chi connectivity index (χ2n) is 7.58. The SMILES string of the molecule is Cc1[nH]c(=O)ccc1C(O)(C(C)c1ccc(-c2ccc(C(=O)O)c(F)c2)cc1Cl)C(F)(F)F. The average Bonchev–Trinajstić information content (AvgIpc) is 2.71. The summed E-state index contributed by atoms with van der Waals surface area (Å²) in [4.78, 5) is 24.7. The van der Waals surface area contributed by atoms with Crippen LogP contribution < -0.4 is 5.56 Å². The first kappa shape index (κ1) is 24.5. The minimum atomic E-state index is -5.12. The van der Waals surface area contributed by atoms with Gasteiger partial charge in [-0.2, -0.15) is 13.2 Å². The molecule has 10 heteroatoms. The summed E-state index contributed by atoms with van der Waals surface area (Å²) < 4.78 is 56.5. The van der Waals surface area contributed by atoms with E-state index in [1.54, 1.807) is 0 Å². The maximum atomic E-state index is 14.2. The van der Waals surface area contributed by atoms with Crippen LogP contribution in [-0.4, -0.2) is 27.3 Å². The maximum Gasteiger partial charge on any atom is 0.422 e. The van der Waals surface area contributed by atoms with Crippen LogP contribution in [0.3, 0.4) is 0 Å². The molecule has 0 aliphatic carbocycles. The van der Waals surface area contributed by atoms with Crippen LogP contribution in [0.1, 0.15) is 40.0 Å². The highest BCUT2D eigenvalue weighted by molar-refractivity contribution is 6.31. The quantitative estimate of drug-likeness (QED) is 0.424. The van der Waals surface area contributed by atoms with Gasteiger partial charge in [0.1, 0.15) is 5.82 Å². The van der Waals surface area contributed by atoms with Crippen molar-refractivity contribution >= 4 is 17.6 Å². The van der Waals surface area contributed by atoms with Crippen LogP contribution in [0.4, 0.5) is 17.6 Å². The molecular weight excluding hydrogens is 466 g/mol. The smallest absolute Gasteiger partial charge is 0.422 e. The van der Waals surface area contributed by atoms with Gasteiger partial charge in [-0.25, -0.2) is 9.18 Å². The number of carboxylic acids is 1. The van der Waals surface area contributed by atoms with Crippen molar-refractivity contribution in [3.63, 3.8) is 0 Å². The van der Waals surface area contributed by atoms with Gasteiger partial charge in [-0.1, -0.05) is 36.7 Å². The molecule has 174 valence electrons. The highest BCUT2D eigenvalue weighted by Gasteiger charge is 2.59. The Morgan fingerprint density at radius 2 is 1.67 bits per heavy atom. The van der Waals surface area contributed by atoms with Crippen molar-refractivity contribution in [3.05, 3.63) is 92.1 Å². The summed E-state index contributed by atoms with van der Waals surface area (Å²) in [5, 5.41) is 19.8. The first-order valence-electron chi connectivity index (χ1n) is 9.59. The number of carbonyl (C=O) groups is 1. The van der Waals surface area contributed by atoms with Gasteiger partial charge in [-0.3, -0.25) is 4.79 Å². The number of H-pyrrole nitrogens is 1. The number of alkyl halides is 3. The molecule has 0 saturated heterocycles. The summed E-state index contributed by atoms with van der Waals surface area (Å²) >= 11 is 6.28. The summed E-state index contributed by atoms with van der Waals surface area (Å²) in [6.07, 6.45) is -5.12. The molecule has 3 rings (SSSR count). The van der Waals surface area contributed by atoms with Crippen LogP contribution >= 0.6 is 11.6 Å². The Labute approximate surface area is 190 Å². The van der Waals surface area contributed by atoms with E-state index in [-0.39, 0.29) is 21.8 Å². The van der Waals surface area contributed by atoms with Crippen LogP contribution in [0.5, 0.6) is 0 Å². The van der Waals surface area contributed by atoms with Crippen molar-refractivity contribution in [1.82, 2.24) is 4.98 Å². The summed E-state index contributed by atoms with van der Waals surface area (Å²) in [5.41, 5.74) is -4.61. The number of nitrogens with one attached hydrogen (secondary N) is 1. The van der Waals surface area contributed by atoms with E-state index < -0.39 is 46.2 Å². The van der Waals surface area contributed by atoms with Gasteiger partial charge in [0.25, 0.3) is 0 Å². The number of aryl methyl sites for hydroxylation is 1. The van der Waals surface area contributed by atoms with Crippen molar-refractivity contribution in [3.8, 4) is 11.1 Å². The molecule has 0 radical (unpaired) electrons. The zero-order valence-corrected chi connectivity index (χ0v) is 18.1. The number of carboxylic acid groups (broad SMARTS) is 1. The number of aromatic nitrogens is 1. The second kappa shape index (κ2) is 8.64. The zero-order chi connectivity index (χ0) is 24.7. The minimum absolute atomic E-state index is 0.0338. The third-order valence-corrected chi connectivity index (χ3v) is 5.91. The molecule has 0 aliphatic heterocycles. The van der Waals surface area contributed by atoms with Crippen molar-refractivity contribution in [1.29, 1.82) is 0 Å². The summed E-state index contributed by atoms with van der Waals surface area (Å²) in [6.45, 7) is 2.40. The Morgan fingerprint density at radius 1 is 1.06 bits per heavy atom. The van der Waals surface area contributed by atoms with E-state index in [2.05, 4.69) is 4.98 Å². The number of rotatable bonds is 5. The predicted octanol–water partition coefficient (Wildman–Crippen LogP) is 5.39. The van der Waals surface area contributed by atoms with Crippen molar-refractivity contribution in [2.45, 2.75) is 31.5 Å². The fraction of sp³-hybridized carbons (Fsp3) is 0.217. The molecular formula is C23H18ClF4NO4. The molecule has 2 aromatic carbocycles. The minimum Gasteiger partial charge on any atom is -0.478 e. The van der Waals surface area contributed by atoms with E-state index in [9.17, 15) is 32.3 Å². The molecule has 2 atom stereocenters. The van der Waals surface area contributed by atoms with Crippen molar-refractivity contribution < 1.29 is 32.6 Å². The molecule has 3 aromatic rings. The Balaban J connectivity index is 2.09. The zero-order valence-electron chi connectivity index (χ0n) is 17.3. The Hall–Kier alpha value is -3.17. The molecule has 1 heterocycles. The van der Waals surface area contributed by atoms with E-state index >= 15 is 0 Å². The van der Waals surface area contributed by atoms with Crippen LogP contribution in [-0.2, 0) is 5.60 Å². The van der Waals surface area contributed by atoms with Crippen LogP contribution in [0.15, 0.2) is 53.3 Å². The number of benzene rings is 2. The number of aromatic amines is 1. The summed E-state index contributed by atoms with van der Waals surface area (Å²) in [7, 11) is 0. The fourth-order valence-electron chi connectivity index (χ4n) is 3.77.